The Kier molecular flexibility index (Phi) is 5.90. The fraction of sp³-hybridized carbons (Fsp3) is 0.200. The maximum absolute atomic E-state index is 5.24. The molecule has 4 nitrogen and oxygen atoms in total. The first-order chi connectivity index (χ1) is 12.3. The van der Waals surface area contributed by atoms with Crippen molar-refractivity contribution in [2.75, 3.05) is 12.9 Å². The minimum Gasteiger partial charge on any atom is -0.497 e. The second-order valence-corrected chi connectivity index (χ2v) is 6.51. The highest BCUT2D eigenvalue weighted by atomic mass is 32.2. The van der Waals surface area contributed by atoms with Gasteiger partial charge in [-0.1, -0.05) is 48.2 Å². The molecule has 0 saturated carbocycles. The van der Waals surface area contributed by atoms with Crippen LogP contribution in [0.5, 0.6) is 5.75 Å². The van der Waals surface area contributed by atoms with E-state index in [-0.39, 0.29) is 0 Å². The molecular formula is C20H21N3OS. The number of aromatic nitrogens is 3. The van der Waals surface area contributed by atoms with E-state index in [0.29, 0.717) is 0 Å². The molecule has 128 valence electrons. The number of hydrogen-bond acceptors (Lipinski definition) is 4. The van der Waals surface area contributed by atoms with Gasteiger partial charge in [0.1, 0.15) is 5.75 Å². The normalized spacial score (nSPS) is 10.6. The van der Waals surface area contributed by atoms with Crippen LogP contribution in [0.15, 0.2) is 72.4 Å². The van der Waals surface area contributed by atoms with Crippen molar-refractivity contribution in [2.45, 2.75) is 18.1 Å². The van der Waals surface area contributed by atoms with Crippen molar-refractivity contribution in [3.8, 4) is 17.1 Å². The Bertz CT molecular complexity index is 813. The molecule has 0 aliphatic carbocycles. The zero-order valence-electron chi connectivity index (χ0n) is 14.3. The molecule has 25 heavy (non-hydrogen) atoms. The van der Waals surface area contributed by atoms with Crippen LogP contribution in [0.3, 0.4) is 0 Å². The number of rotatable bonds is 8. The van der Waals surface area contributed by atoms with E-state index in [9.17, 15) is 0 Å². The molecule has 1 heterocycles. The third-order valence-electron chi connectivity index (χ3n) is 3.86. The van der Waals surface area contributed by atoms with Gasteiger partial charge >= 0.3 is 0 Å². The maximum atomic E-state index is 5.24. The van der Waals surface area contributed by atoms with Crippen LogP contribution >= 0.6 is 11.8 Å². The summed E-state index contributed by atoms with van der Waals surface area (Å²) < 4.78 is 7.42. The Hall–Kier alpha value is -2.53. The number of methoxy groups -OCH3 is 1. The van der Waals surface area contributed by atoms with Gasteiger partial charge in [-0.15, -0.1) is 16.8 Å². The number of thioether (sulfide) groups is 1. The molecule has 0 spiro atoms. The maximum Gasteiger partial charge on any atom is 0.191 e. The van der Waals surface area contributed by atoms with Crippen molar-refractivity contribution in [2.24, 2.45) is 0 Å². The second kappa shape index (κ2) is 8.53. The van der Waals surface area contributed by atoms with E-state index in [1.807, 2.05) is 36.4 Å². The summed E-state index contributed by atoms with van der Waals surface area (Å²) in [7, 11) is 1.67. The van der Waals surface area contributed by atoms with Crippen molar-refractivity contribution in [3.05, 3.63) is 72.8 Å². The predicted octanol–water partition coefficient (Wildman–Crippen LogP) is 4.47. The molecule has 0 unspecified atom stereocenters. The number of ether oxygens (including phenoxy) is 1. The Morgan fingerprint density at radius 3 is 2.52 bits per heavy atom. The minimum absolute atomic E-state index is 0.812. The summed E-state index contributed by atoms with van der Waals surface area (Å²) in [5, 5.41) is 9.72. The van der Waals surface area contributed by atoms with E-state index in [1.54, 1.807) is 18.9 Å². The SMILES string of the molecule is C=CCSc1nnc(-c2ccc(OC)cc2)n1CCc1ccccc1. The van der Waals surface area contributed by atoms with Gasteiger partial charge in [-0.05, 0) is 36.2 Å². The van der Waals surface area contributed by atoms with Gasteiger partial charge in [0.2, 0.25) is 0 Å². The zero-order chi connectivity index (χ0) is 17.5. The third kappa shape index (κ3) is 4.31. The number of hydrogen-bond donors (Lipinski definition) is 0. The lowest BCUT2D eigenvalue weighted by atomic mass is 10.1. The zero-order valence-corrected chi connectivity index (χ0v) is 15.1. The monoisotopic (exact) mass is 351 g/mol. The topological polar surface area (TPSA) is 39.9 Å². The van der Waals surface area contributed by atoms with Gasteiger partial charge in [0, 0.05) is 17.9 Å². The molecule has 0 bridgehead atoms. The lowest BCUT2D eigenvalue weighted by Crippen LogP contribution is -2.05. The average Bonchev–Trinajstić information content (AvgIpc) is 3.08. The summed E-state index contributed by atoms with van der Waals surface area (Å²) in [4.78, 5) is 0. The summed E-state index contributed by atoms with van der Waals surface area (Å²) in [5.41, 5.74) is 2.34. The van der Waals surface area contributed by atoms with E-state index in [4.69, 9.17) is 4.74 Å². The Morgan fingerprint density at radius 2 is 1.84 bits per heavy atom. The van der Waals surface area contributed by atoms with Crippen molar-refractivity contribution in [3.63, 3.8) is 0 Å². The molecule has 0 amide bonds. The molecular weight excluding hydrogens is 330 g/mol. The first-order valence-electron chi connectivity index (χ1n) is 8.17. The molecule has 5 heteroatoms. The summed E-state index contributed by atoms with van der Waals surface area (Å²) in [5.74, 6) is 2.53. The van der Waals surface area contributed by atoms with Crippen LogP contribution in [-0.2, 0) is 13.0 Å². The largest absolute Gasteiger partial charge is 0.497 e. The molecule has 1 aromatic heterocycles. The number of benzene rings is 2. The molecule has 0 aliphatic rings. The van der Waals surface area contributed by atoms with Gasteiger partial charge < -0.3 is 9.30 Å². The minimum atomic E-state index is 0.812. The molecule has 0 radical (unpaired) electrons. The third-order valence-corrected chi connectivity index (χ3v) is 4.82. The van der Waals surface area contributed by atoms with Gasteiger partial charge in [-0.25, -0.2) is 0 Å². The molecule has 0 N–H and O–H groups in total. The lowest BCUT2D eigenvalue weighted by molar-refractivity contribution is 0.415. The molecule has 0 saturated heterocycles. The van der Waals surface area contributed by atoms with E-state index in [2.05, 4.69) is 45.6 Å². The summed E-state index contributed by atoms with van der Waals surface area (Å²) in [6.07, 6.45) is 2.82. The van der Waals surface area contributed by atoms with Gasteiger partial charge in [-0.2, -0.15) is 0 Å². The Morgan fingerprint density at radius 1 is 1.08 bits per heavy atom. The van der Waals surface area contributed by atoms with E-state index in [1.165, 1.54) is 5.56 Å². The van der Waals surface area contributed by atoms with Crippen LogP contribution in [0.4, 0.5) is 0 Å². The molecule has 3 aromatic rings. The average molecular weight is 351 g/mol. The van der Waals surface area contributed by atoms with Gasteiger partial charge in [0.05, 0.1) is 7.11 Å². The quantitative estimate of drug-likeness (QED) is 0.443. The summed E-state index contributed by atoms with van der Waals surface area (Å²) in [6.45, 7) is 4.62. The van der Waals surface area contributed by atoms with Crippen molar-refractivity contribution >= 4 is 11.8 Å². The fourth-order valence-electron chi connectivity index (χ4n) is 2.57. The molecule has 2 aromatic carbocycles. The van der Waals surface area contributed by atoms with Gasteiger partial charge in [0.25, 0.3) is 0 Å². The molecule has 0 aliphatic heterocycles. The predicted molar refractivity (Wildman–Crippen MR) is 103 cm³/mol. The lowest BCUT2D eigenvalue weighted by Gasteiger charge is -2.10. The fourth-order valence-corrected chi connectivity index (χ4v) is 3.27. The van der Waals surface area contributed by atoms with Crippen LogP contribution < -0.4 is 4.74 Å². The van der Waals surface area contributed by atoms with E-state index in [0.717, 1.165) is 41.0 Å². The highest BCUT2D eigenvalue weighted by Gasteiger charge is 2.14. The highest BCUT2D eigenvalue weighted by Crippen LogP contribution is 2.26. The van der Waals surface area contributed by atoms with Gasteiger partial charge in [0.15, 0.2) is 11.0 Å². The summed E-state index contributed by atoms with van der Waals surface area (Å²) in [6, 6.07) is 18.4. The van der Waals surface area contributed by atoms with Gasteiger partial charge in [-0.3, -0.25) is 0 Å². The van der Waals surface area contributed by atoms with E-state index < -0.39 is 0 Å². The van der Waals surface area contributed by atoms with Crippen LogP contribution in [0.1, 0.15) is 5.56 Å². The van der Waals surface area contributed by atoms with Crippen molar-refractivity contribution < 1.29 is 4.74 Å². The Labute approximate surface area is 152 Å². The second-order valence-electron chi connectivity index (χ2n) is 5.52. The van der Waals surface area contributed by atoms with Crippen molar-refractivity contribution in [1.29, 1.82) is 0 Å². The van der Waals surface area contributed by atoms with Crippen LogP contribution in [0.25, 0.3) is 11.4 Å². The molecule has 0 atom stereocenters. The Balaban J connectivity index is 1.88. The van der Waals surface area contributed by atoms with E-state index >= 15 is 0 Å². The summed E-state index contributed by atoms with van der Waals surface area (Å²) >= 11 is 1.65. The van der Waals surface area contributed by atoms with Crippen LogP contribution in [0.2, 0.25) is 0 Å². The van der Waals surface area contributed by atoms with Crippen LogP contribution in [-0.4, -0.2) is 27.6 Å². The number of nitrogens with zero attached hydrogens (tertiary/aromatic N) is 3. The first-order valence-corrected chi connectivity index (χ1v) is 9.15. The highest BCUT2D eigenvalue weighted by molar-refractivity contribution is 7.99. The van der Waals surface area contributed by atoms with Crippen molar-refractivity contribution in [1.82, 2.24) is 14.8 Å². The molecule has 0 fully saturated rings. The first kappa shape index (κ1) is 17.3. The molecule has 3 rings (SSSR count). The smallest absolute Gasteiger partial charge is 0.191 e. The number of aryl methyl sites for hydroxylation is 1. The standard InChI is InChI=1S/C20H21N3OS/c1-3-15-25-20-22-21-19(17-9-11-18(24-2)12-10-17)23(20)14-13-16-7-5-4-6-8-16/h3-12H,1,13-15H2,2H3. The van der Waals surface area contributed by atoms with Crippen LogP contribution in [0, 0.1) is 0 Å².